The van der Waals surface area contributed by atoms with Crippen molar-refractivity contribution in [2.45, 2.75) is 26.4 Å². The van der Waals surface area contributed by atoms with Crippen molar-refractivity contribution in [3.8, 4) is 5.75 Å². The van der Waals surface area contributed by atoms with E-state index >= 15 is 0 Å². The van der Waals surface area contributed by atoms with Crippen molar-refractivity contribution in [3.63, 3.8) is 0 Å². The van der Waals surface area contributed by atoms with Crippen LogP contribution < -0.4 is 4.74 Å². The van der Waals surface area contributed by atoms with Crippen molar-refractivity contribution in [1.29, 1.82) is 0 Å². The van der Waals surface area contributed by atoms with Crippen LogP contribution in [0.15, 0.2) is 40.8 Å². The van der Waals surface area contributed by atoms with Crippen LogP contribution in [0, 0.1) is 6.92 Å². The Bertz CT molecular complexity index is 602. The first-order chi connectivity index (χ1) is 11.3. The summed E-state index contributed by atoms with van der Waals surface area (Å²) in [5.74, 6) is 2.84. The van der Waals surface area contributed by atoms with E-state index in [1.807, 2.05) is 24.3 Å². The molecule has 4 heteroatoms. The van der Waals surface area contributed by atoms with Gasteiger partial charge in [0.05, 0.1) is 13.2 Å². The minimum atomic E-state index is 0.480. The van der Waals surface area contributed by atoms with Gasteiger partial charge in [-0.25, -0.2) is 0 Å². The van der Waals surface area contributed by atoms with Crippen molar-refractivity contribution < 1.29 is 13.9 Å². The largest absolute Gasteiger partial charge is 0.485 e. The molecule has 0 unspecified atom stereocenters. The summed E-state index contributed by atoms with van der Waals surface area (Å²) in [4.78, 5) is 2.45. The summed E-state index contributed by atoms with van der Waals surface area (Å²) in [7, 11) is 0. The van der Waals surface area contributed by atoms with Gasteiger partial charge in [-0.3, -0.25) is 4.90 Å². The number of para-hydroxylation sites is 1. The number of morpholine rings is 1. The zero-order valence-electron chi connectivity index (χ0n) is 13.8. The summed E-state index contributed by atoms with van der Waals surface area (Å²) in [6.07, 6.45) is 2.09. The van der Waals surface area contributed by atoms with E-state index < -0.39 is 0 Å². The number of benzene rings is 1. The summed E-state index contributed by atoms with van der Waals surface area (Å²) in [6.45, 7) is 7.46. The van der Waals surface area contributed by atoms with Gasteiger partial charge in [-0.15, -0.1) is 0 Å². The first kappa shape index (κ1) is 16.1. The molecule has 23 heavy (non-hydrogen) atoms. The molecule has 1 fully saturated rings. The lowest BCUT2D eigenvalue weighted by Crippen LogP contribution is -2.36. The first-order valence-corrected chi connectivity index (χ1v) is 8.37. The van der Waals surface area contributed by atoms with Gasteiger partial charge in [0, 0.05) is 19.5 Å². The van der Waals surface area contributed by atoms with Crippen molar-refractivity contribution in [2.24, 2.45) is 0 Å². The van der Waals surface area contributed by atoms with E-state index in [0.29, 0.717) is 6.61 Å². The van der Waals surface area contributed by atoms with Crippen LogP contribution in [0.25, 0.3) is 0 Å². The van der Waals surface area contributed by atoms with E-state index in [4.69, 9.17) is 13.9 Å². The van der Waals surface area contributed by atoms with Crippen LogP contribution in [0.5, 0.6) is 5.75 Å². The van der Waals surface area contributed by atoms with Crippen molar-refractivity contribution >= 4 is 0 Å². The smallest absolute Gasteiger partial charge is 0.146 e. The fourth-order valence-electron chi connectivity index (χ4n) is 2.80. The highest BCUT2D eigenvalue weighted by molar-refractivity contribution is 5.31. The summed E-state index contributed by atoms with van der Waals surface area (Å²) < 4.78 is 17.1. The fraction of sp³-hybridized carbons (Fsp3) is 0.474. The predicted octanol–water partition coefficient (Wildman–Crippen LogP) is 3.43. The molecule has 0 radical (unpaired) electrons. The molecule has 0 amide bonds. The second kappa shape index (κ2) is 8.18. The molecule has 0 N–H and O–H groups in total. The number of hydrogen-bond acceptors (Lipinski definition) is 4. The molecule has 2 heterocycles. The number of aryl methyl sites for hydroxylation is 2. The number of nitrogens with zero attached hydrogens (tertiary/aromatic N) is 1. The Morgan fingerprint density at radius 2 is 1.83 bits per heavy atom. The zero-order valence-corrected chi connectivity index (χ0v) is 13.8. The van der Waals surface area contributed by atoms with E-state index in [9.17, 15) is 0 Å². The molecule has 0 bridgehead atoms. The number of rotatable bonds is 7. The predicted molar refractivity (Wildman–Crippen MR) is 89.8 cm³/mol. The third-order valence-electron chi connectivity index (χ3n) is 4.18. The van der Waals surface area contributed by atoms with E-state index in [1.54, 1.807) is 0 Å². The van der Waals surface area contributed by atoms with Crippen LogP contribution in [0.1, 0.15) is 23.5 Å². The van der Waals surface area contributed by atoms with Gasteiger partial charge in [-0.1, -0.05) is 18.2 Å². The molecule has 0 spiro atoms. The maximum absolute atomic E-state index is 5.87. The second-order valence-corrected chi connectivity index (χ2v) is 5.98. The van der Waals surface area contributed by atoms with Crippen molar-refractivity contribution in [3.05, 3.63) is 53.5 Å². The van der Waals surface area contributed by atoms with Gasteiger partial charge in [0.25, 0.3) is 0 Å². The number of ether oxygens (including phenoxy) is 2. The van der Waals surface area contributed by atoms with Crippen LogP contribution in [-0.2, 0) is 17.8 Å². The monoisotopic (exact) mass is 315 g/mol. The molecule has 3 rings (SSSR count). The third-order valence-corrected chi connectivity index (χ3v) is 4.18. The lowest BCUT2D eigenvalue weighted by atomic mass is 10.2. The Hall–Kier alpha value is -1.78. The Morgan fingerprint density at radius 1 is 1.04 bits per heavy atom. The van der Waals surface area contributed by atoms with Crippen LogP contribution in [0.2, 0.25) is 0 Å². The van der Waals surface area contributed by atoms with Crippen LogP contribution >= 0.6 is 0 Å². The topological polar surface area (TPSA) is 34.8 Å². The minimum Gasteiger partial charge on any atom is -0.485 e. The Kier molecular flexibility index (Phi) is 5.72. The SMILES string of the molecule is Cc1ccccc1OCc1ccc(CCCN2CCOCC2)o1. The molecule has 1 aliphatic rings. The maximum Gasteiger partial charge on any atom is 0.146 e. The molecule has 4 nitrogen and oxygen atoms in total. The van der Waals surface area contributed by atoms with E-state index in [-0.39, 0.29) is 0 Å². The van der Waals surface area contributed by atoms with Gasteiger partial charge in [0.2, 0.25) is 0 Å². The number of furan rings is 1. The number of hydrogen-bond donors (Lipinski definition) is 0. The molecule has 1 aromatic carbocycles. The molecular formula is C19H25NO3. The molecule has 124 valence electrons. The summed E-state index contributed by atoms with van der Waals surface area (Å²) >= 11 is 0. The Morgan fingerprint density at radius 3 is 2.65 bits per heavy atom. The third kappa shape index (κ3) is 4.85. The van der Waals surface area contributed by atoms with Gasteiger partial charge >= 0.3 is 0 Å². The van der Waals surface area contributed by atoms with Gasteiger partial charge in [-0.05, 0) is 43.7 Å². The van der Waals surface area contributed by atoms with Crippen LogP contribution in [0.4, 0.5) is 0 Å². The first-order valence-electron chi connectivity index (χ1n) is 8.37. The molecule has 1 aliphatic heterocycles. The average molecular weight is 315 g/mol. The summed E-state index contributed by atoms with van der Waals surface area (Å²) in [6, 6.07) is 12.1. The molecule has 0 saturated carbocycles. The molecule has 1 saturated heterocycles. The van der Waals surface area contributed by atoms with Crippen molar-refractivity contribution in [1.82, 2.24) is 4.90 Å². The Balaban J connectivity index is 1.42. The van der Waals surface area contributed by atoms with Gasteiger partial charge in [-0.2, -0.15) is 0 Å². The molecular weight excluding hydrogens is 290 g/mol. The van der Waals surface area contributed by atoms with Crippen LogP contribution in [-0.4, -0.2) is 37.7 Å². The van der Waals surface area contributed by atoms with Gasteiger partial charge < -0.3 is 13.9 Å². The van der Waals surface area contributed by atoms with Crippen LogP contribution in [0.3, 0.4) is 0 Å². The maximum atomic E-state index is 5.87. The van der Waals surface area contributed by atoms with E-state index in [1.165, 1.54) is 0 Å². The highest BCUT2D eigenvalue weighted by Crippen LogP contribution is 2.19. The molecule has 2 aromatic rings. The van der Waals surface area contributed by atoms with Gasteiger partial charge in [0.15, 0.2) is 0 Å². The van der Waals surface area contributed by atoms with Crippen molar-refractivity contribution in [2.75, 3.05) is 32.8 Å². The lowest BCUT2D eigenvalue weighted by molar-refractivity contribution is 0.0373. The minimum absolute atomic E-state index is 0.480. The van der Waals surface area contributed by atoms with Gasteiger partial charge in [0.1, 0.15) is 23.9 Å². The standard InChI is InChI=1S/C19H25NO3/c1-16-5-2-3-7-19(16)22-15-18-9-8-17(23-18)6-4-10-20-11-13-21-14-12-20/h2-3,5,7-9H,4,6,10-15H2,1H3. The summed E-state index contributed by atoms with van der Waals surface area (Å²) in [5, 5.41) is 0. The van der Waals surface area contributed by atoms with E-state index in [0.717, 1.165) is 68.5 Å². The Labute approximate surface area is 138 Å². The van der Waals surface area contributed by atoms with E-state index in [2.05, 4.69) is 24.0 Å². The lowest BCUT2D eigenvalue weighted by Gasteiger charge is -2.26. The normalized spacial score (nSPS) is 15.7. The summed E-state index contributed by atoms with van der Waals surface area (Å²) in [5.41, 5.74) is 1.14. The fourth-order valence-corrected chi connectivity index (χ4v) is 2.80. The second-order valence-electron chi connectivity index (χ2n) is 5.98. The zero-order chi connectivity index (χ0) is 15.9. The average Bonchev–Trinajstić information content (AvgIpc) is 3.03. The highest BCUT2D eigenvalue weighted by Gasteiger charge is 2.10. The highest BCUT2D eigenvalue weighted by atomic mass is 16.5. The molecule has 0 aliphatic carbocycles. The molecule has 0 atom stereocenters. The molecule has 1 aromatic heterocycles. The quantitative estimate of drug-likeness (QED) is 0.784.